The van der Waals surface area contributed by atoms with Crippen LogP contribution in [0.5, 0.6) is 0 Å². The van der Waals surface area contributed by atoms with E-state index in [0.717, 1.165) is 18.8 Å². The first-order chi connectivity index (χ1) is 15.4. The van der Waals surface area contributed by atoms with Crippen molar-refractivity contribution in [3.63, 3.8) is 0 Å². The van der Waals surface area contributed by atoms with E-state index in [4.69, 9.17) is 11.6 Å². The minimum atomic E-state index is -0.586. The Bertz CT molecular complexity index is 1330. The summed E-state index contributed by atoms with van der Waals surface area (Å²) in [5.41, 5.74) is 2.81. The molecule has 0 bridgehead atoms. The lowest BCUT2D eigenvalue weighted by Gasteiger charge is -2.38. The quantitative estimate of drug-likeness (QED) is 0.493. The Labute approximate surface area is 188 Å². The van der Waals surface area contributed by atoms with E-state index in [1.165, 1.54) is 16.7 Å². The van der Waals surface area contributed by atoms with Gasteiger partial charge in [0.1, 0.15) is 16.2 Å². The number of nitrogens with zero attached hydrogens (tertiary/aromatic N) is 5. The van der Waals surface area contributed by atoms with Gasteiger partial charge in [0.25, 0.3) is 5.91 Å². The van der Waals surface area contributed by atoms with Crippen LogP contribution < -0.4 is 15.5 Å². The van der Waals surface area contributed by atoms with E-state index in [9.17, 15) is 9.18 Å². The van der Waals surface area contributed by atoms with E-state index >= 15 is 0 Å². The fourth-order valence-corrected chi connectivity index (χ4v) is 4.48. The summed E-state index contributed by atoms with van der Waals surface area (Å²) >= 11 is 5.86. The van der Waals surface area contributed by atoms with Crippen LogP contribution in [0.2, 0.25) is 5.15 Å². The van der Waals surface area contributed by atoms with Crippen molar-refractivity contribution in [2.75, 3.05) is 23.3 Å². The molecular weight excluding hydrogens is 433 g/mol. The van der Waals surface area contributed by atoms with Gasteiger partial charge in [-0.25, -0.2) is 9.37 Å². The van der Waals surface area contributed by atoms with Gasteiger partial charge in [-0.05, 0) is 26.0 Å². The number of hydrogen-bond acceptors (Lipinski definition) is 6. The molecule has 32 heavy (non-hydrogen) atoms. The van der Waals surface area contributed by atoms with E-state index in [-0.39, 0.29) is 16.5 Å². The Morgan fingerprint density at radius 3 is 2.62 bits per heavy atom. The van der Waals surface area contributed by atoms with Crippen LogP contribution in [0.1, 0.15) is 24.2 Å². The van der Waals surface area contributed by atoms with E-state index in [2.05, 4.69) is 44.3 Å². The minimum absolute atomic E-state index is 0.0909. The Kier molecular flexibility index (Phi) is 5.15. The summed E-state index contributed by atoms with van der Waals surface area (Å²) in [6.45, 7) is 5.94. The molecule has 4 aromatic rings. The summed E-state index contributed by atoms with van der Waals surface area (Å²) < 4.78 is 15.8. The molecule has 1 aliphatic rings. The number of aromatic nitrogens is 4. The van der Waals surface area contributed by atoms with Gasteiger partial charge >= 0.3 is 0 Å². The lowest BCUT2D eigenvalue weighted by atomic mass is 10.1. The topological polar surface area (TPSA) is 87.5 Å². The van der Waals surface area contributed by atoms with Crippen molar-refractivity contribution in [2.45, 2.75) is 25.9 Å². The molecule has 8 nitrogen and oxygen atoms in total. The van der Waals surface area contributed by atoms with Crippen LogP contribution >= 0.6 is 11.6 Å². The number of carbonyl (C=O) groups is 1. The SMILES string of the molecule is CC1CN(c2ccc(C(=O)Nc3cc(F)c4nc(Cl)cn4c3)c3nccnc23)CC(C)N1. The highest BCUT2D eigenvalue weighted by atomic mass is 35.5. The molecule has 4 heterocycles. The zero-order valence-corrected chi connectivity index (χ0v) is 18.3. The fourth-order valence-electron chi connectivity index (χ4n) is 4.30. The van der Waals surface area contributed by atoms with Gasteiger partial charge in [0, 0.05) is 56.0 Å². The predicted octanol–water partition coefficient (Wildman–Crippen LogP) is 3.51. The summed E-state index contributed by atoms with van der Waals surface area (Å²) in [6.07, 6.45) is 6.21. The molecule has 2 atom stereocenters. The molecule has 1 aliphatic heterocycles. The van der Waals surface area contributed by atoms with Crippen molar-refractivity contribution in [3.05, 3.63) is 59.5 Å². The molecule has 1 saturated heterocycles. The number of anilines is 2. The molecule has 0 radical (unpaired) electrons. The van der Waals surface area contributed by atoms with Gasteiger partial charge in [-0.2, -0.15) is 0 Å². The second kappa shape index (κ2) is 7.99. The lowest BCUT2D eigenvalue weighted by Crippen LogP contribution is -2.54. The van der Waals surface area contributed by atoms with E-state index < -0.39 is 11.7 Å². The van der Waals surface area contributed by atoms with Gasteiger partial charge in [0.2, 0.25) is 0 Å². The number of rotatable bonds is 3. The van der Waals surface area contributed by atoms with Crippen molar-refractivity contribution in [1.29, 1.82) is 0 Å². The first-order valence-corrected chi connectivity index (χ1v) is 10.7. The zero-order chi connectivity index (χ0) is 22.4. The molecule has 0 saturated carbocycles. The average molecular weight is 454 g/mol. The fraction of sp³-hybridized carbons (Fsp3) is 0.273. The van der Waals surface area contributed by atoms with E-state index in [1.807, 2.05) is 6.07 Å². The maximum Gasteiger partial charge on any atom is 0.257 e. The smallest absolute Gasteiger partial charge is 0.257 e. The largest absolute Gasteiger partial charge is 0.367 e. The Morgan fingerprint density at radius 1 is 1.16 bits per heavy atom. The molecular formula is C22H21ClFN7O. The van der Waals surface area contributed by atoms with Gasteiger partial charge in [-0.15, -0.1) is 0 Å². The summed E-state index contributed by atoms with van der Waals surface area (Å²) in [6, 6.07) is 5.50. The van der Waals surface area contributed by atoms with E-state index in [1.54, 1.807) is 24.7 Å². The minimum Gasteiger partial charge on any atom is -0.367 e. The predicted molar refractivity (Wildman–Crippen MR) is 122 cm³/mol. The number of halogens is 2. The molecule has 0 spiro atoms. The number of piperazine rings is 1. The molecule has 1 aromatic carbocycles. The third-order valence-electron chi connectivity index (χ3n) is 5.48. The second-order valence-electron chi connectivity index (χ2n) is 8.08. The van der Waals surface area contributed by atoms with Crippen LogP contribution in [0.4, 0.5) is 15.8 Å². The van der Waals surface area contributed by atoms with Crippen LogP contribution in [0, 0.1) is 5.82 Å². The summed E-state index contributed by atoms with van der Waals surface area (Å²) in [4.78, 5) is 28.2. The number of hydrogen-bond donors (Lipinski definition) is 2. The first-order valence-electron chi connectivity index (χ1n) is 10.3. The molecule has 164 valence electrons. The number of benzene rings is 1. The third kappa shape index (κ3) is 3.74. The van der Waals surface area contributed by atoms with Crippen molar-refractivity contribution in [1.82, 2.24) is 24.7 Å². The van der Waals surface area contributed by atoms with Gasteiger partial charge in [-0.1, -0.05) is 11.6 Å². The highest BCUT2D eigenvalue weighted by Gasteiger charge is 2.24. The van der Waals surface area contributed by atoms with Gasteiger partial charge in [0.15, 0.2) is 11.5 Å². The number of amides is 1. The van der Waals surface area contributed by atoms with Crippen LogP contribution in [-0.4, -0.2) is 50.4 Å². The molecule has 10 heteroatoms. The van der Waals surface area contributed by atoms with Crippen molar-refractivity contribution >= 4 is 45.6 Å². The van der Waals surface area contributed by atoms with Crippen LogP contribution in [0.25, 0.3) is 16.7 Å². The van der Waals surface area contributed by atoms with Crippen LogP contribution in [0.3, 0.4) is 0 Å². The number of nitrogens with one attached hydrogen (secondary N) is 2. The van der Waals surface area contributed by atoms with Crippen molar-refractivity contribution < 1.29 is 9.18 Å². The summed E-state index contributed by atoms with van der Waals surface area (Å²) in [5, 5.41) is 6.43. The second-order valence-corrected chi connectivity index (χ2v) is 8.47. The molecule has 0 aliphatic carbocycles. The molecule has 2 unspecified atom stereocenters. The Morgan fingerprint density at radius 2 is 1.88 bits per heavy atom. The maximum absolute atomic E-state index is 14.4. The van der Waals surface area contributed by atoms with Crippen LogP contribution in [0.15, 0.2) is 43.0 Å². The summed E-state index contributed by atoms with van der Waals surface area (Å²) in [5.74, 6) is -0.995. The van der Waals surface area contributed by atoms with Crippen molar-refractivity contribution in [3.8, 4) is 0 Å². The Balaban J connectivity index is 1.50. The van der Waals surface area contributed by atoms with Crippen molar-refractivity contribution in [2.24, 2.45) is 0 Å². The number of fused-ring (bicyclic) bond motifs is 2. The van der Waals surface area contributed by atoms with E-state index in [0.29, 0.717) is 28.7 Å². The summed E-state index contributed by atoms with van der Waals surface area (Å²) in [7, 11) is 0. The molecule has 3 aromatic heterocycles. The monoisotopic (exact) mass is 453 g/mol. The zero-order valence-electron chi connectivity index (χ0n) is 17.5. The highest BCUT2D eigenvalue weighted by Crippen LogP contribution is 2.29. The average Bonchev–Trinajstić information content (AvgIpc) is 3.13. The molecule has 1 fully saturated rings. The standard InChI is InChI=1S/C22H21ClFN7O/c1-12-8-30(9-13(2)27-12)17-4-3-15(19-20(17)26-6-5-25-19)22(32)28-14-7-16(24)21-29-18(23)11-31(21)10-14/h3-7,10-13,27H,8-9H2,1-2H3,(H,28,32). The van der Waals surface area contributed by atoms with Gasteiger partial charge in [0.05, 0.1) is 16.9 Å². The normalized spacial score (nSPS) is 18.9. The molecule has 5 rings (SSSR count). The maximum atomic E-state index is 14.4. The lowest BCUT2D eigenvalue weighted by molar-refractivity contribution is 0.102. The third-order valence-corrected chi connectivity index (χ3v) is 5.66. The number of imidazole rings is 1. The molecule has 1 amide bonds. The Hall–Kier alpha value is -3.30. The van der Waals surface area contributed by atoms with Crippen LogP contribution in [-0.2, 0) is 0 Å². The number of carbonyl (C=O) groups excluding carboxylic acids is 1. The highest BCUT2D eigenvalue weighted by molar-refractivity contribution is 6.29. The first kappa shape index (κ1) is 20.6. The molecule has 2 N–H and O–H groups in total. The number of pyridine rings is 1. The van der Waals surface area contributed by atoms with Gasteiger partial charge < -0.3 is 19.9 Å². The van der Waals surface area contributed by atoms with Gasteiger partial charge in [-0.3, -0.25) is 14.8 Å².